The maximum atomic E-state index is 11.7. The molecule has 0 saturated carbocycles. The number of benzene rings is 1. The van der Waals surface area contributed by atoms with E-state index in [4.69, 9.17) is 0 Å². The first kappa shape index (κ1) is 8.04. The highest BCUT2D eigenvalue weighted by molar-refractivity contribution is 5.81. The molecule has 0 spiro atoms. The molecule has 72 valence electrons. The van der Waals surface area contributed by atoms with Crippen molar-refractivity contribution in [2.24, 2.45) is 0 Å². The fourth-order valence-corrected chi connectivity index (χ4v) is 2.79. The minimum atomic E-state index is -0.00627. The number of hydrogen-bond donors (Lipinski definition) is 0. The van der Waals surface area contributed by atoms with Gasteiger partial charge in [-0.2, -0.15) is 0 Å². The zero-order chi connectivity index (χ0) is 9.76. The van der Waals surface area contributed by atoms with Crippen molar-refractivity contribution in [2.75, 3.05) is 0 Å². The van der Waals surface area contributed by atoms with Crippen molar-refractivity contribution >= 4 is 5.91 Å². The summed E-state index contributed by atoms with van der Waals surface area (Å²) < 4.78 is 0. The van der Waals surface area contributed by atoms with Crippen LogP contribution in [-0.4, -0.2) is 10.8 Å². The second kappa shape index (κ2) is 2.38. The summed E-state index contributed by atoms with van der Waals surface area (Å²) in [6, 6.07) is 8.41. The van der Waals surface area contributed by atoms with Gasteiger partial charge in [0.25, 0.3) is 0 Å². The van der Waals surface area contributed by atoms with Crippen LogP contribution in [0, 0.1) is 0 Å². The summed E-state index contributed by atoms with van der Waals surface area (Å²) in [6.45, 7) is 3.00. The molecular weight excluding hydrogens is 174 g/mol. The summed E-state index contributed by atoms with van der Waals surface area (Å²) in [5, 5.41) is 0. The average molecular weight is 187 g/mol. The van der Waals surface area contributed by atoms with Crippen LogP contribution in [0.25, 0.3) is 0 Å². The van der Waals surface area contributed by atoms with E-state index in [1.807, 2.05) is 4.90 Å². The van der Waals surface area contributed by atoms with Gasteiger partial charge >= 0.3 is 0 Å². The van der Waals surface area contributed by atoms with Crippen molar-refractivity contribution in [3.05, 3.63) is 35.4 Å². The second-order valence-corrected chi connectivity index (χ2v) is 4.41. The molecule has 3 rings (SSSR count). The Balaban J connectivity index is 2.18. The molecule has 0 radical (unpaired) electrons. The lowest BCUT2D eigenvalue weighted by Gasteiger charge is -2.28. The Morgan fingerprint density at radius 2 is 2.14 bits per heavy atom. The predicted octanol–water partition coefficient (Wildman–Crippen LogP) is 2.04. The lowest BCUT2D eigenvalue weighted by atomic mass is 9.90. The minimum Gasteiger partial charge on any atom is -0.329 e. The summed E-state index contributed by atoms with van der Waals surface area (Å²) >= 11 is 0. The monoisotopic (exact) mass is 187 g/mol. The molecule has 0 aromatic heterocycles. The summed E-state index contributed by atoms with van der Waals surface area (Å²) in [7, 11) is 0. The molecule has 1 aromatic rings. The molecule has 2 heterocycles. The first-order valence-electron chi connectivity index (χ1n) is 5.11. The molecule has 1 amide bonds. The van der Waals surface area contributed by atoms with E-state index in [9.17, 15) is 4.79 Å². The van der Waals surface area contributed by atoms with E-state index in [0.29, 0.717) is 12.3 Å². The van der Waals surface area contributed by atoms with Crippen molar-refractivity contribution < 1.29 is 4.79 Å². The van der Waals surface area contributed by atoms with Crippen LogP contribution in [0.1, 0.15) is 30.9 Å². The van der Waals surface area contributed by atoms with E-state index in [1.165, 1.54) is 11.1 Å². The Labute approximate surface area is 83.5 Å². The zero-order valence-electron chi connectivity index (χ0n) is 8.29. The van der Waals surface area contributed by atoms with Crippen LogP contribution >= 0.6 is 0 Å². The summed E-state index contributed by atoms with van der Waals surface area (Å²) in [5.41, 5.74) is 2.67. The molecular formula is C12H13NO. The maximum Gasteiger partial charge on any atom is 0.223 e. The average Bonchev–Trinajstić information content (AvgIpc) is 2.64. The van der Waals surface area contributed by atoms with Gasteiger partial charge in [0, 0.05) is 13.0 Å². The van der Waals surface area contributed by atoms with Gasteiger partial charge in [-0.1, -0.05) is 24.3 Å². The minimum absolute atomic E-state index is 0.00627. The van der Waals surface area contributed by atoms with Gasteiger partial charge in [-0.3, -0.25) is 4.79 Å². The number of nitrogens with zero attached hydrogens (tertiary/aromatic N) is 1. The largest absolute Gasteiger partial charge is 0.329 e. The maximum absolute atomic E-state index is 11.7. The third kappa shape index (κ3) is 0.788. The number of hydrogen-bond acceptors (Lipinski definition) is 1. The van der Waals surface area contributed by atoms with Crippen molar-refractivity contribution in [1.82, 2.24) is 4.90 Å². The first-order chi connectivity index (χ1) is 6.72. The molecule has 1 fully saturated rings. The lowest BCUT2D eigenvalue weighted by molar-refractivity contribution is -0.130. The predicted molar refractivity (Wildman–Crippen MR) is 53.6 cm³/mol. The molecule has 1 atom stereocenters. The Kier molecular flexibility index (Phi) is 1.37. The van der Waals surface area contributed by atoms with Gasteiger partial charge in [0.2, 0.25) is 5.91 Å². The van der Waals surface area contributed by atoms with Gasteiger partial charge in [0.05, 0.1) is 5.54 Å². The van der Waals surface area contributed by atoms with Crippen LogP contribution in [0.5, 0.6) is 0 Å². The highest BCUT2D eigenvalue weighted by Gasteiger charge is 2.47. The highest BCUT2D eigenvalue weighted by Crippen LogP contribution is 2.46. The van der Waals surface area contributed by atoms with Crippen LogP contribution < -0.4 is 0 Å². The highest BCUT2D eigenvalue weighted by atomic mass is 16.2. The number of carbonyl (C=O) groups excluding carboxylic acids is 1. The quantitative estimate of drug-likeness (QED) is 0.608. The normalized spacial score (nSPS) is 29.2. The molecule has 0 N–H and O–H groups in total. The van der Waals surface area contributed by atoms with Crippen molar-refractivity contribution in [2.45, 2.75) is 31.8 Å². The smallest absolute Gasteiger partial charge is 0.223 e. The Morgan fingerprint density at radius 3 is 3.00 bits per heavy atom. The van der Waals surface area contributed by atoms with E-state index in [1.54, 1.807) is 0 Å². The Hall–Kier alpha value is -1.31. The molecule has 14 heavy (non-hydrogen) atoms. The number of amides is 1. The van der Waals surface area contributed by atoms with Crippen molar-refractivity contribution in [3.63, 3.8) is 0 Å². The van der Waals surface area contributed by atoms with Crippen molar-refractivity contribution in [1.29, 1.82) is 0 Å². The van der Waals surface area contributed by atoms with Gasteiger partial charge in [-0.15, -0.1) is 0 Å². The molecule has 2 nitrogen and oxygen atoms in total. The topological polar surface area (TPSA) is 20.3 Å². The van der Waals surface area contributed by atoms with Crippen molar-refractivity contribution in [3.8, 4) is 0 Å². The summed E-state index contributed by atoms with van der Waals surface area (Å²) in [6.07, 6.45) is 1.69. The molecule has 2 aliphatic heterocycles. The number of carbonyl (C=O) groups is 1. The first-order valence-corrected chi connectivity index (χ1v) is 5.11. The molecule has 2 heteroatoms. The van der Waals surface area contributed by atoms with Crippen LogP contribution in [-0.2, 0) is 16.9 Å². The molecule has 1 saturated heterocycles. The number of fused-ring (bicyclic) bond motifs is 3. The molecule has 0 aliphatic carbocycles. The van der Waals surface area contributed by atoms with Gasteiger partial charge < -0.3 is 4.90 Å². The van der Waals surface area contributed by atoms with E-state index in [-0.39, 0.29) is 5.54 Å². The van der Waals surface area contributed by atoms with Crippen LogP contribution in [0.2, 0.25) is 0 Å². The SMILES string of the molecule is CC12CCC(=O)N1Cc1ccccc12. The van der Waals surface area contributed by atoms with Gasteiger partial charge in [0.15, 0.2) is 0 Å². The Morgan fingerprint density at radius 1 is 1.36 bits per heavy atom. The van der Waals surface area contributed by atoms with Crippen LogP contribution in [0.3, 0.4) is 0 Å². The second-order valence-electron chi connectivity index (χ2n) is 4.41. The van der Waals surface area contributed by atoms with Crippen LogP contribution in [0.15, 0.2) is 24.3 Å². The fraction of sp³-hybridized carbons (Fsp3) is 0.417. The van der Waals surface area contributed by atoms with E-state index >= 15 is 0 Å². The third-order valence-electron chi connectivity index (χ3n) is 3.65. The van der Waals surface area contributed by atoms with E-state index < -0.39 is 0 Å². The summed E-state index contributed by atoms with van der Waals surface area (Å²) in [5.74, 6) is 0.309. The molecule has 2 aliphatic rings. The standard InChI is InChI=1S/C12H13NO/c1-12-7-6-11(14)13(12)8-9-4-2-3-5-10(9)12/h2-5H,6-8H2,1H3. The van der Waals surface area contributed by atoms with Crippen LogP contribution in [0.4, 0.5) is 0 Å². The lowest BCUT2D eigenvalue weighted by Crippen LogP contribution is -2.34. The molecule has 1 aromatic carbocycles. The van der Waals surface area contributed by atoms with Gasteiger partial charge in [-0.25, -0.2) is 0 Å². The number of rotatable bonds is 0. The van der Waals surface area contributed by atoms with Gasteiger partial charge in [0.1, 0.15) is 0 Å². The Bertz CT molecular complexity index is 413. The van der Waals surface area contributed by atoms with E-state index in [2.05, 4.69) is 31.2 Å². The third-order valence-corrected chi connectivity index (χ3v) is 3.65. The molecule has 1 unspecified atom stereocenters. The van der Waals surface area contributed by atoms with Gasteiger partial charge in [-0.05, 0) is 24.5 Å². The molecule has 0 bridgehead atoms. The summed E-state index contributed by atoms with van der Waals surface area (Å²) in [4.78, 5) is 13.7. The zero-order valence-corrected chi connectivity index (χ0v) is 8.29. The fourth-order valence-electron chi connectivity index (χ4n) is 2.79. The van der Waals surface area contributed by atoms with E-state index in [0.717, 1.165) is 13.0 Å².